The minimum atomic E-state index is -0.720. The van der Waals surface area contributed by atoms with Gasteiger partial charge in [0, 0.05) is 12.8 Å². The van der Waals surface area contributed by atoms with Crippen LogP contribution in [0.4, 0.5) is 0 Å². The normalized spacial score (nSPS) is 16.0. The van der Waals surface area contributed by atoms with Gasteiger partial charge in [-0.1, -0.05) is 18.2 Å². The van der Waals surface area contributed by atoms with Gasteiger partial charge in [0.05, 0.1) is 19.4 Å². The van der Waals surface area contributed by atoms with Crippen molar-refractivity contribution in [3.8, 4) is 5.75 Å². The number of esters is 1. The number of hydrazone groups is 1. The van der Waals surface area contributed by atoms with Gasteiger partial charge < -0.3 is 9.47 Å². The lowest BCUT2D eigenvalue weighted by atomic mass is 10.1. The van der Waals surface area contributed by atoms with Crippen LogP contribution in [-0.2, 0) is 14.3 Å². The van der Waals surface area contributed by atoms with Gasteiger partial charge in [0.25, 0.3) is 0 Å². The molecule has 0 saturated carbocycles. The zero-order chi connectivity index (χ0) is 17.5. The Bertz CT molecular complexity index is 649. The van der Waals surface area contributed by atoms with E-state index in [2.05, 4.69) is 5.10 Å². The number of hydrogen-bond donors (Lipinski definition) is 0. The second-order valence-corrected chi connectivity index (χ2v) is 5.36. The number of hydrogen-bond acceptors (Lipinski definition) is 5. The Labute approximate surface area is 141 Å². The van der Waals surface area contributed by atoms with Gasteiger partial charge in [-0.05, 0) is 37.6 Å². The van der Waals surface area contributed by atoms with E-state index in [1.165, 1.54) is 5.01 Å². The zero-order valence-electron chi connectivity index (χ0n) is 14.2. The molecule has 0 aliphatic carbocycles. The summed E-state index contributed by atoms with van der Waals surface area (Å²) in [4.78, 5) is 23.8. The van der Waals surface area contributed by atoms with Crippen molar-refractivity contribution in [2.75, 3.05) is 13.7 Å². The molecule has 0 bridgehead atoms. The molecule has 6 heteroatoms. The smallest absolute Gasteiger partial charge is 0.330 e. The molecule has 1 aliphatic heterocycles. The van der Waals surface area contributed by atoms with Crippen molar-refractivity contribution in [1.29, 1.82) is 0 Å². The molecule has 0 saturated heterocycles. The third-order valence-electron chi connectivity index (χ3n) is 3.67. The zero-order valence-corrected chi connectivity index (χ0v) is 14.2. The maximum atomic E-state index is 12.0. The summed E-state index contributed by atoms with van der Waals surface area (Å²) in [6.45, 7) is 3.63. The first-order chi connectivity index (χ1) is 11.5. The van der Waals surface area contributed by atoms with E-state index in [0.29, 0.717) is 12.8 Å². The van der Waals surface area contributed by atoms with Crippen LogP contribution >= 0.6 is 0 Å². The summed E-state index contributed by atoms with van der Waals surface area (Å²) in [6.07, 6.45) is 4.66. The van der Waals surface area contributed by atoms with E-state index in [-0.39, 0.29) is 12.5 Å². The van der Waals surface area contributed by atoms with Gasteiger partial charge in [0.2, 0.25) is 5.91 Å². The second-order valence-electron chi connectivity index (χ2n) is 5.36. The molecule has 0 N–H and O–H groups in total. The summed E-state index contributed by atoms with van der Waals surface area (Å²) in [5, 5.41) is 5.52. The number of carbonyl (C=O) groups is 2. The van der Waals surface area contributed by atoms with Crippen molar-refractivity contribution in [3.05, 3.63) is 35.9 Å². The first kappa shape index (κ1) is 17.7. The molecule has 24 heavy (non-hydrogen) atoms. The predicted octanol–water partition coefficient (Wildman–Crippen LogP) is 2.64. The Hall–Kier alpha value is -2.63. The Balaban J connectivity index is 2.11. The van der Waals surface area contributed by atoms with E-state index in [0.717, 1.165) is 17.0 Å². The standard InChI is InChI=1S/C18H22N2O4/c1-4-24-18(22)13(2)20-17(21)12-9-15(19-20)8-5-14-6-10-16(23-3)11-7-14/h5-8,10-11,13H,4,9,12H2,1-3H3/b8-5+/t13-/m1/s1. The highest BCUT2D eigenvalue weighted by atomic mass is 16.5. The van der Waals surface area contributed by atoms with Crippen molar-refractivity contribution in [3.63, 3.8) is 0 Å². The van der Waals surface area contributed by atoms with Crippen molar-refractivity contribution in [2.45, 2.75) is 32.7 Å². The molecule has 0 fully saturated rings. The van der Waals surface area contributed by atoms with Gasteiger partial charge in [-0.15, -0.1) is 0 Å². The molecule has 0 aromatic heterocycles. The molecule has 1 aromatic carbocycles. The van der Waals surface area contributed by atoms with Gasteiger partial charge >= 0.3 is 5.97 Å². The van der Waals surface area contributed by atoms with Crippen molar-refractivity contribution in [1.82, 2.24) is 5.01 Å². The molecule has 1 aromatic rings. The molecule has 1 atom stereocenters. The highest BCUT2D eigenvalue weighted by molar-refractivity contribution is 6.02. The van der Waals surface area contributed by atoms with Gasteiger partial charge in [-0.3, -0.25) is 4.79 Å². The van der Waals surface area contributed by atoms with Crippen LogP contribution < -0.4 is 4.74 Å². The number of nitrogens with zero attached hydrogens (tertiary/aromatic N) is 2. The van der Waals surface area contributed by atoms with E-state index in [1.54, 1.807) is 21.0 Å². The number of ether oxygens (including phenoxy) is 2. The van der Waals surface area contributed by atoms with Gasteiger partial charge in [0.15, 0.2) is 0 Å². The third-order valence-corrected chi connectivity index (χ3v) is 3.67. The van der Waals surface area contributed by atoms with Crippen LogP contribution in [0.1, 0.15) is 32.3 Å². The molecule has 0 unspecified atom stereocenters. The maximum Gasteiger partial charge on any atom is 0.330 e. The average Bonchev–Trinajstić information content (AvgIpc) is 2.61. The Kier molecular flexibility index (Phi) is 6.12. The molecule has 0 spiro atoms. The van der Waals surface area contributed by atoms with Crippen LogP contribution in [0.3, 0.4) is 0 Å². The summed E-state index contributed by atoms with van der Waals surface area (Å²) in [6, 6.07) is 6.90. The summed E-state index contributed by atoms with van der Waals surface area (Å²) >= 11 is 0. The summed E-state index contributed by atoms with van der Waals surface area (Å²) in [5.74, 6) is 0.175. The Morgan fingerprint density at radius 3 is 2.62 bits per heavy atom. The van der Waals surface area contributed by atoms with Crippen LogP contribution in [-0.4, -0.2) is 42.4 Å². The summed E-state index contributed by atoms with van der Waals surface area (Å²) < 4.78 is 10.1. The number of rotatable bonds is 6. The maximum absolute atomic E-state index is 12.0. The lowest BCUT2D eigenvalue weighted by molar-refractivity contribution is -0.154. The molecular weight excluding hydrogens is 308 g/mol. The fourth-order valence-electron chi connectivity index (χ4n) is 2.28. The lowest BCUT2D eigenvalue weighted by Gasteiger charge is -2.26. The summed E-state index contributed by atoms with van der Waals surface area (Å²) in [7, 11) is 1.62. The van der Waals surface area contributed by atoms with Gasteiger partial charge in [0.1, 0.15) is 11.8 Å². The number of allylic oxidation sites excluding steroid dienone is 1. The van der Waals surface area contributed by atoms with E-state index < -0.39 is 12.0 Å². The quantitative estimate of drug-likeness (QED) is 0.752. The third kappa shape index (κ3) is 4.44. The first-order valence-corrected chi connectivity index (χ1v) is 7.93. The number of benzene rings is 1. The second kappa shape index (κ2) is 8.29. The van der Waals surface area contributed by atoms with Crippen LogP contribution in [0.25, 0.3) is 6.08 Å². The highest BCUT2D eigenvalue weighted by Crippen LogP contribution is 2.16. The van der Waals surface area contributed by atoms with E-state index in [1.807, 2.05) is 36.4 Å². The van der Waals surface area contributed by atoms with Gasteiger partial charge in [-0.2, -0.15) is 5.10 Å². The molecule has 2 rings (SSSR count). The number of methoxy groups -OCH3 is 1. The van der Waals surface area contributed by atoms with Crippen LogP contribution in [0.5, 0.6) is 5.75 Å². The lowest BCUT2D eigenvalue weighted by Crippen LogP contribution is -2.43. The van der Waals surface area contributed by atoms with E-state index in [9.17, 15) is 9.59 Å². The first-order valence-electron chi connectivity index (χ1n) is 7.93. The molecule has 1 aliphatic rings. The van der Waals surface area contributed by atoms with E-state index >= 15 is 0 Å². The number of amides is 1. The van der Waals surface area contributed by atoms with Gasteiger partial charge in [-0.25, -0.2) is 9.80 Å². The van der Waals surface area contributed by atoms with E-state index in [4.69, 9.17) is 9.47 Å². The fraction of sp³-hybridized carbons (Fsp3) is 0.389. The topological polar surface area (TPSA) is 68.2 Å². The van der Waals surface area contributed by atoms with Crippen LogP contribution in [0.2, 0.25) is 0 Å². The van der Waals surface area contributed by atoms with Crippen molar-refractivity contribution >= 4 is 23.7 Å². The highest BCUT2D eigenvalue weighted by Gasteiger charge is 2.29. The average molecular weight is 330 g/mol. The predicted molar refractivity (Wildman–Crippen MR) is 91.6 cm³/mol. The molecular formula is C18H22N2O4. The fourth-order valence-corrected chi connectivity index (χ4v) is 2.28. The Morgan fingerprint density at radius 1 is 1.29 bits per heavy atom. The Morgan fingerprint density at radius 2 is 2.00 bits per heavy atom. The largest absolute Gasteiger partial charge is 0.497 e. The SMILES string of the molecule is CCOC(=O)[C@@H](C)N1N=C(/C=C/c2ccc(OC)cc2)CCC1=O. The minimum absolute atomic E-state index is 0.169. The van der Waals surface area contributed by atoms with Crippen LogP contribution in [0.15, 0.2) is 35.4 Å². The monoisotopic (exact) mass is 330 g/mol. The molecule has 1 heterocycles. The molecule has 128 valence electrons. The number of carbonyl (C=O) groups excluding carboxylic acids is 2. The van der Waals surface area contributed by atoms with Crippen molar-refractivity contribution in [2.24, 2.45) is 5.10 Å². The molecule has 1 amide bonds. The van der Waals surface area contributed by atoms with Crippen LogP contribution in [0, 0.1) is 0 Å². The minimum Gasteiger partial charge on any atom is -0.497 e. The molecule has 0 radical (unpaired) electrons. The molecule has 6 nitrogen and oxygen atoms in total. The van der Waals surface area contributed by atoms with Crippen molar-refractivity contribution < 1.29 is 19.1 Å². The summed E-state index contributed by atoms with van der Waals surface area (Å²) in [5.41, 5.74) is 1.75.